The van der Waals surface area contributed by atoms with Crippen LogP contribution in [0, 0.1) is 6.92 Å². The van der Waals surface area contributed by atoms with Gasteiger partial charge in [0.1, 0.15) is 5.76 Å². The van der Waals surface area contributed by atoms with Crippen molar-refractivity contribution in [1.82, 2.24) is 20.2 Å². The van der Waals surface area contributed by atoms with E-state index < -0.39 is 5.25 Å². The molecule has 0 aliphatic carbocycles. The summed E-state index contributed by atoms with van der Waals surface area (Å²) < 4.78 is 6.87. The molecule has 2 aromatic heterocycles. The van der Waals surface area contributed by atoms with Gasteiger partial charge in [0.25, 0.3) is 11.5 Å². The Morgan fingerprint density at radius 1 is 0.905 bits per heavy atom. The second-order valence-electron chi connectivity index (χ2n) is 9.98. The van der Waals surface area contributed by atoms with E-state index in [9.17, 15) is 14.4 Å². The fraction of sp³-hybridized carbons (Fsp3) is 0.212. The lowest BCUT2D eigenvalue weighted by molar-refractivity contribution is -0.120. The number of aromatic nitrogens is 2. The first kappa shape index (κ1) is 28.9. The average Bonchev–Trinajstić information content (AvgIpc) is 3.54. The maximum Gasteiger partial charge on any atom is 0.262 e. The van der Waals surface area contributed by atoms with Gasteiger partial charge in [0.15, 0.2) is 5.16 Å². The van der Waals surface area contributed by atoms with Gasteiger partial charge in [-0.05, 0) is 60.9 Å². The molecule has 8 nitrogen and oxygen atoms in total. The highest BCUT2D eigenvalue weighted by atomic mass is 32.2. The molecule has 0 fully saturated rings. The Balaban J connectivity index is 1.34. The van der Waals surface area contributed by atoms with Crippen molar-refractivity contribution in [1.29, 1.82) is 0 Å². The van der Waals surface area contributed by atoms with E-state index in [-0.39, 0.29) is 23.9 Å². The molecule has 0 saturated heterocycles. The van der Waals surface area contributed by atoms with Crippen LogP contribution in [0.3, 0.4) is 0 Å². The minimum atomic E-state index is -0.435. The average molecular weight is 581 g/mol. The van der Waals surface area contributed by atoms with Gasteiger partial charge in [-0.25, -0.2) is 4.98 Å². The molecule has 0 bridgehead atoms. The highest BCUT2D eigenvalue weighted by Crippen LogP contribution is 2.26. The Hall–Kier alpha value is -4.63. The minimum Gasteiger partial charge on any atom is -0.467 e. The van der Waals surface area contributed by atoms with E-state index in [4.69, 9.17) is 9.40 Å². The number of hydrogen-bond acceptors (Lipinski definition) is 6. The first-order chi connectivity index (χ1) is 20.4. The molecule has 2 N–H and O–H groups in total. The summed E-state index contributed by atoms with van der Waals surface area (Å²) in [6, 6.07) is 25.9. The van der Waals surface area contributed by atoms with Crippen LogP contribution in [0.4, 0.5) is 0 Å². The van der Waals surface area contributed by atoms with Crippen molar-refractivity contribution in [3.05, 3.63) is 130 Å². The second-order valence-corrected chi connectivity index (χ2v) is 11.1. The number of furan rings is 1. The van der Waals surface area contributed by atoms with E-state index in [1.165, 1.54) is 11.8 Å². The molecule has 0 aliphatic rings. The molecule has 9 heteroatoms. The number of rotatable bonds is 11. The monoisotopic (exact) mass is 580 g/mol. The first-order valence-electron chi connectivity index (χ1n) is 13.8. The van der Waals surface area contributed by atoms with Crippen molar-refractivity contribution in [3.63, 3.8) is 0 Å². The van der Waals surface area contributed by atoms with Gasteiger partial charge in [-0.2, -0.15) is 0 Å². The molecule has 214 valence electrons. The number of nitrogens with zero attached hydrogens (tertiary/aromatic N) is 2. The topological polar surface area (TPSA) is 106 Å². The highest BCUT2D eigenvalue weighted by molar-refractivity contribution is 8.00. The van der Waals surface area contributed by atoms with Crippen LogP contribution in [-0.2, 0) is 24.4 Å². The third kappa shape index (κ3) is 6.98. The molecule has 2 heterocycles. The summed E-state index contributed by atoms with van der Waals surface area (Å²) in [5.41, 5.74) is 3.91. The highest BCUT2D eigenvalue weighted by Gasteiger charge is 2.22. The molecular formula is C33H32N4O4S. The van der Waals surface area contributed by atoms with Gasteiger partial charge >= 0.3 is 0 Å². The van der Waals surface area contributed by atoms with Crippen LogP contribution in [0.1, 0.15) is 46.2 Å². The van der Waals surface area contributed by atoms with Gasteiger partial charge in [-0.1, -0.05) is 72.8 Å². The normalized spacial score (nSPS) is 11.8. The van der Waals surface area contributed by atoms with Crippen LogP contribution in [-0.4, -0.2) is 26.6 Å². The van der Waals surface area contributed by atoms with Crippen molar-refractivity contribution in [2.45, 2.75) is 50.3 Å². The second kappa shape index (κ2) is 13.4. The van der Waals surface area contributed by atoms with Crippen molar-refractivity contribution in [2.24, 2.45) is 0 Å². The number of aryl methyl sites for hydroxylation is 1. The summed E-state index contributed by atoms with van der Waals surface area (Å²) in [5.74, 6) is 0.338. The fourth-order valence-electron chi connectivity index (χ4n) is 4.46. The molecule has 0 saturated carbocycles. The third-order valence-electron chi connectivity index (χ3n) is 6.88. The molecular weight excluding hydrogens is 548 g/mol. The number of amides is 2. The smallest absolute Gasteiger partial charge is 0.262 e. The lowest BCUT2D eigenvalue weighted by atomic mass is 10.1. The Morgan fingerprint density at radius 3 is 2.36 bits per heavy atom. The number of carbonyl (C=O) groups excluding carboxylic acids is 2. The van der Waals surface area contributed by atoms with Crippen LogP contribution in [0.15, 0.2) is 106 Å². The summed E-state index contributed by atoms with van der Waals surface area (Å²) in [7, 11) is 0. The van der Waals surface area contributed by atoms with Gasteiger partial charge in [0, 0.05) is 12.1 Å². The van der Waals surface area contributed by atoms with E-state index >= 15 is 0 Å². The van der Waals surface area contributed by atoms with Crippen molar-refractivity contribution in [2.75, 3.05) is 0 Å². The van der Waals surface area contributed by atoms with Crippen LogP contribution in [0.2, 0.25) is 0 Å². The molecule has 0 unspecified atom stereocenters. The van der Waals surface area contributed by atoms with Gasteiger partial charge in [0.05, 0.1) is 35.5 Å². The van der Waals surface area contributed by atoms with Gasteiger partial charge in [-0.15, -0.1) is 0 Å². The van der Waals surface area contributed by atoms with E-state index in [1.807, 2.05) is 62.4 Å². The Bertz CT molecular complexity index is 1730. The number of para-hydroxylation sites is 1. The van der Waals surface area contributed by atoms with Crippen molar-refractivity contribution < 1.29 is 14.0 Å². The van der Waals surface area contributed by atoms with Crippen LogP contribution < -0.4 is 16.2 Å². The zero-order chi connectivity index (χ0) is 29.5. The maximum absolute atomic E-state index is 13.6. The number of thioether (sulfide) groups is 1. The molecule has 42 heavy (non-hydrogen) atoms. The quantitative estimate of drug-likeness (QED) is 0.159. The zero-order valence-electron chi connectivity index (χ0n) is 23.5. The molecule has 0 radical (unpaired) electrons. The van der Waals surface area contributed by atoms with Gasteiger partial charge in [0.2, 0.25) is 5.91 Å². The minimum absolute atomic E-state index is 0.109. The van der Waals surface area contributed by atoms with Crippen LogP contribution in [0.25, 0.3) is 10.9 Å². The molecule has 0 spiro atoms. The van der Waals surface area contributed by atoms with Crippen molar-refractivity contribution >= 4 is 34.5 Å². The number of hydrogen-bond donors (Lipinski definition) is 2. The van der Waals surface area contributed by atoms with E-state index in [2.05, 4.69) is 10.6 Å². The molecule has 2 amide bonds. The number of nitrogens with one attached hydrogen (secondary N) is 2. The summed E-state index contributed by atoms with van der Waals surface area (Å²) in [4.78, 5) is 44.2. The molecule has 0 aliphatic heterocycles. The maximum atomic E-state index is 13.6. The van der Waals surface area contributed by atoms with Gasteiger partial charge in [-0.3, -0.25) is 19.0 Å². The predicted octanol–water partition coefficient (Wildman–Crippen LogP) is 5.46. The Labute approximate surface area is 248 Å². The lowest BCUT2D eigenvalue weighted by Gasteiger charge is -2.18. The van der Waals surface area contributed by atoms with E-state index in [0.717, 1.165) is 16.7 Å². The standard InChI is InChI=1S/C33H32N4O4S/c1-3-29(31(39)34-19-23-12-10-22(2)11-13-23)42-33-36-28-9-5-4-8-27(28)32(40)37(33)21-24-14-16-25(17-15-24)30(38)35-20-26-7-6-18-41-26/h4-18,29H,3,19-21H2,1-2H3,(H,34,39)(H,35,38)/t29-/m0/s1. The molecule has 3 aromatic carbocycles. The summed E-state index contributed by atoms with van der Waals surface area (Å²) >= 11 is 1.29. The van der Waals surface area contributed by atoms with Gasteiger partial charge < -0.3 is 15.1 Å². The Kier molecular flexibility index (Phi) is 9.18. The first-order valence-corrected chi connectivity index (χ1v) is 14.7. The van der Waals surface area contributed by atoms with E-state index in [0.29, 0.717) is 46.9 Å². The van der Waals surface area contributed by atoms with Crippen LogP contribution in [0.5, 0.6) is 0 Å². The number of carbonyl (C=O) groups is 2. The summed E-state index contributed by atoms with van der Waals surface area (Å²) in [6.07, 6.45) is 2.13. The number of benzene rings is 3. The zero-order valence-corrected chi connectivity index (χ0v) is 24.3. The van der Waals surface area contributed by atoms with Crippen LogP contribution >= 0.6 is 11.8 Å². The SMILES string of the molecule is CC[C@H](Sc1nc2ccccc2c(=O)n1Cc1ccc(C(=O)NCc2ccco2)cc1)C(=O)NCc1ccc(C)cc1. The lowest BCUT2D eigenvalue weighted by Crippen LogP contribution is -2.33. The fourth-order valence-corrected chi connectivity index (χ4v) is 5.50. The third-order valence-corrected chi connectivity index (χ3v) is 8.24. The molecule has 5 rings (SSSR count). The Morgan fingerprint density at radius 2 is 1.64 bits per heavy atom. The van der Waals surface area contributed by atoms with E-state index in [1.54, 1.807) is 47.2 Å². The largest absolute Gasteiger partial charge is 0.467 e. The number of fused-ring (bicyclic) bond motifs is 1. The predicted molar refractivity (Wildman–Crippen MR) is 164 cm³/mol. The summed E-state index contributed by atoms with van der Waals surface area (Å²) in [6.45, 7) is 4.94. The van der Waals surface area contributed by atoms with Crippen molar-refractivity contribution in [3.8, 4) is 0 Å². The summed E-state index contributed by atoms with van der Waals surface area (Å²) in [5, 5.41) is 6.40. The molecule has 5 aromatic rings. The molecule has 1 atom stereocenters.